The Balaban J connectivity index is 0.000000645. The molecule has 2 aromatic carbocycles. The van der Waals surface area contributed by atoms with Crippen LogP contribution in [0.4, 0.5) is 0 Å². The number of imidazole rings is 1. The number of phenolic OH excluding ortho intramolecular Hbond substituents is 1. The molecular formula is C20H14Cl2N4O2Pt. The number of methoxy groups -OCH3 is 1. The Labute approximate surface area is 182 Å². The van der Waals surface area contributed by atoms with Gasteiger partial charge >= 0.3 is 35.3 Å². The number of nitrogens with one attached hydrogen (secondary N) is 1. The molecule has 0 saturated heterocycles. The van der Waals surface area contributed by atoms with Gasteiger partial charge in [-0.1, -0.05) is 6.07 Å². The van der Waals surface area contributed by atoms with E-state index in [2.05, 4.69) is 15.0 Å². The zero-order valence-corrected chi connectivity index (χ0v) is 18.7. The van der Waals surface area contributed by atoms with Crippen molar-refractivity contribution in [2.75, 3.05) is 7.11 Å². The number of aromatic nitrogens is 4. The van der Waals surface area contributed by atoms with Crippen LogP contribution in [0.1, 0.15) is 0 Å². The molecule has 0 radical (unpaired) electrons. The summed E-state index contributed by atoms with van der Waals surface area (Å²) in [6.45, 7) is 0. The van der Waals surface area contributed by atoms with Crippen LogP contribution in [0.15, 0.2) is 54.9 Å². The van der Waals surface area contributed by atoms with E-state index >= 15 is 0 Å². The molecule has 0 unspecified atom stereocenters. The fourth-order valence-corrected chi connectivity index (χ4v) is 3.35. The van der Waals surface area contributed by atoms with Crippen LogP contribution < -0.4 is 4.74 Å². The summed E-state index contributed by atoms with van der Waals surface area (Å²) in [6, 6.07) is 13.1. The predicted molar refractivity (Wildman–Crippen MR) is 112 cm³/mol. The van der Waals surface area contributed by atoms with E-state index < -0.39 is 16.5 Å². The molecule has 0 fully saturated rings. The van der Waals surface area contributed by atoms with E-state index in [1.807, 2.05) is 30.3 Å². The second-order valence-corrected chi connectivity index (χ2v) is 9.29. The van der Waals surface area contributed by atoms with Crippen LogP contribution in [-0.4, -0.2) is 32.2 Å². The number of pyridine rings is 2. The molecule has 6 nitrogen and oxygen atoms in total. The monoisotopic (exact) mass is 607 g/mol. The van der Waals surface area contributed by atoms with Gasteiger partial charge in [-0.25, -0.2) is 4.98 Å². The Morgan fingerprint density at radius 3 is 2.28 bits per heavy atom. The summed E-state index contributed by atoms with van der Waals surface area (Å²) in [7, 11) is 11.3. The number of para-hydroxylation sites is 1. The number of aromatic hydroxyl groups is 1. The number of fused-ring (bicyclic) bond motifs is 6. The van der Waals surface area contributed by atoms with Gasteiger partial charge in [0.25, 0.3) is 0 Å². The molecule has 0 aliphatic rings. The summed E-state index contributed by atoms with van der Waals surface area (Å²) >= 11 is -0.472. The molecule has 0 amide bonds. The molecule has 3 aromatic heterocycles. The zero-order valence-electron chi connectivity index (χ0n) is 15.0. The molecule has 3 heterocycles. The van der Waals surface area contributed by atoms with E-state index in [0.717, 1.165) is 32.8 Å². The van der Waals surface area contributed by atoms with E-state index in [1.165, 1.54) is 7.11 Å². The van der Waals surface area contributed by atoms with Crippen molar-refractivity contribution in [3.63, 3.8) is 0 Å². The molecule has 2 N–H and O–H groups in total. The van der Waals surface area contributed by atoms with Gasteiger partial charge in [0.2, 0.25) is 0 Å². The molecule has 0 aliphatic carbocycles. The Kier molecular flexibility index (Phi) is 5.86. The minimum absolute atomic E-state index is 0.0546. The van der Waals surface area contributed by atoms with Gasteiger partial charge in [-0.3, -0.25) is 9.97 Å². The van der Waals surface area contributed by atoms with Crippen LogP contribution >= 0.6 is 18.8 Å². The van der Waals surface area contributed by atoms with E-state index in [9.17, 15) is 5.11 Å². The molecular weight excluding hydrogens is 594 g/mol. The number of halogens is 2. The van der Waals surface area contributed by atoms with Crippen LogP contribution in [0.25, 0.3) is 44.2 Å². The molecule has 9 heteroatoms. The Bertz CT molecular complexity index is 1250. The summed E-state index contributed by atoms with van der Waals surface area (Å²) in [5, 5.41) is 12.3. The fraction of sp³-hybridized carbons (Fsp3) is 0.0500. The molecule has 0 saturated carbocycles. The number of ether oxygens (including phenoxy) is 1. The second-order valence-electron chi connectivity index (χ2n) is 6.01. The van der Waals surface area contributed by atoms with E-state index in [1.54, 1.807) is 24.5 Å². The van der Waals surface area contributed by atoms with Crippen molar-refractivity contribution in [2.24, 2.45) is 0 Å². The summed E-state index contributed by atoms with van der Waals surface area (Å²) in [5.74, 6) is 1.03. The van der Waals surface area contributed by atoms with Gasteiger partial charge in [-0.05, 0) is 36.4 Å². The molecule has 5 rings (SSSR count). The maximum atomic E-state index is 10.5. The van der Waals surface area contributed by atoms with Crippen molar-refractivity contribution >= 4 is 51.7 Å². The van der Waals surface area contributed by atoms with Crippen molar-refractivity contribution in [3.8, 4) is 22.9 Å². The van der Waals surface area contributed by atoms with E-state index in [4.69, 9.17) is 28.6 Å². The first-order chi connectivity index (χ1) is 14.2. The zero-order chi connectivity index (χ0) is 20.4. The van der Waals surface area contributed by atoms with Gasteiger partial charge in [0.05, 0.1) is 34.7 Å². The molecule has 0 atom stereocenters. The Hall–Kier alpha value is -2.40. The molecule has 29 heavy (non-hydrogen) atoms. The van der Waals surface area contributed by atoms with Crippen LogP contribution in [0.5, 0.6) is 11.5 Å². The summed E-state index contributed by atoms with van der Waals surface area (Å²) in [4.78, 5) is 17.1. The average molecular weight is 608 g/mol. The van der Waals surface area contributed by atoms with Crippen molar-refractivity contribution in [1.82, 2.24) is 19.9 Å². The molecule has 150 valence electrons. The van der Waals surface area contributed by atoms with Gasteiger partial charge in [-0.2, -0.15) is 0 Å². The predicted octanol–water partition coefficient (Wildman–Crippen LogP) is 5.42. The minimum atomic E-state index is -0.472. The Morgan fingerprint density at radius 1 is 0.931 bits per heavy atom. The number of rotatable bonds is 2. The summed E-state index contributed by atoms with van der Waals surface area (Å²) in [5.41, 5.74) is 3.87. The topological polar surface area (TPSA) is 83.9 Å². The fourth-order valence-electron chi connectivity index (χ4n) is 3.35. The van der Waals surface area contributed by atoms with Crippen molar-refractivity contribution < 1.29 is 26.3 Å². The normalized spacial score (nSPS) is 11.0. The number of hydrogen-bond acceptors (Lipinski definition) is 5. The van der Waals surface area contributed by atoms with E-state index in [-0.39, 0.29) is 5.75 Å². The maximum absolute atomic E-state index is 10.5. The first-order valence-corrected chi connectivity index (χ1v) is 14.0. The van der Waals surface area contributed by atoms with Crippen molar-refractivity contribution in [1.29, 1.82) is 0 Å². The number of H-pyrrole nitrogens is 1. The van der Waals surface area contributed by atoms with Gasteiger partial charge in [0, 0.05) is 23.2 Å². The van der Waals surface area contributed by atoms with Crippen LogP contribution in [-0.2, 0) is 16.5 Å². The second kappa shape index (κ2) is 8.54. The van der Waals surface area contributed by atoms with Crippen LogP contribution in [0.3, 0.4) is 0 Å². The standard InChI is InChI=1S/C20H14N4O2.2ClH.Pt/c1-26-14-8-2-5-13(19(14)25)20-23-17-11-6-3-9-21-15(11)16-12(18(17)24-20)7-4-10-22-16;;;/h2-10,25H,1H3,(H,23,24);2*1H;/q;;;+2/p-2. The van der Waals surface area contributed by atoms with Crippen LogP contribution in [0.2, 0.25) is 0 Å². The van der Waals surface area contributed by atoms with Gasteiger partial charge in [-0.15, -0.1) is 0 Å². The Morgan fingerprint density at radius 2 is 1.59 bits per heavy atom. The summed E-state index contributed by atoms with van der Waals surface area (Å²) in [6.07, 6.45) is 3.51. The van der Waals surface area contributed by atoms with E-state index in [0.29, 0.717) is 17.1 Å². The van der Waals surface area contributed by atoms with Crippen molar-refractivity contribution in [2.45, 2.75) is 0 Å². The molecule has 5 aromatic rings. The number of nitrogens with zero attached hydrogens (tertiary/aromatic N) is 3. The van der Waals surface area contributed by atoms with Gasteiger partial charge in [0.15, 0.2) is 11.5 Å². The molecule has 0 spiro atoms. The first kappa shape index (κ1) is 19.9. The number of benzene rings is 2. The quantitative estimate of drug-likeness (QED) is 0.262. The third kappa shape index (κ3) is 3.52. The average Bonchev–Trinajstić information content (AvgIpc) is 3.20. The number of hydrogen-bond donors (Lipinski definition) is 2. The first-order valence-electron chi connectivity index (χ1n) is 8.39. The molecule has 0 aliphatic heterocycles. The third-order valence-corrected chi connectivity index (χ3v) is 4.54. The SMILES string of the molecule is COc1cccc(-c2nc3c4cccnc4c4ncccc4c3[nH]2)c1O.[Cl][Pt][Cl]. The third-order valence-electron chi connectivity index (χ3n) is 4.54. The number of aromatic amines is 1. The molecule has 0 bridgehead atoms. The van der Waals surface area contributed by atoms with Gasteiger partial charge < -0.3 is 14.8 Å². The van der Waals surface area contributed by atoms with Gasteiger partial charge in [0.1, 0.15) is 5.82 Å². The number of phenols is 1. The van der Waals surface area contributed by atoms with Crippen LogP contribution in [0, 0.1) is 0 Å². The van der Waals surface area contributed by atoms with Crippen molar-refractivity contribution in [3.05, 3.63) is 54.9 Å². The summed E-state index contributed by atoms with van der Waals surface area (Å²) < 4.78 is 5.21.